The SMILES string of the molecule is CCCCCN1C(=O)NC2CC(C(=O)N3CCN(c4cc(C)ccc4C)CC3)CCC2C1=O. The molecule has 1 N–H and O–H groups in total. The van der Waals surface area contributed by atoms with Crippen molar-refractivity contribution in [3.8, 4) is 0 Å². The van der Waals surface area contributed by atoms with Crippen molar-refractivity contribution in [2.45, 2.75) is 65.3 Å². The lowest BCUT2D eigenvalue weighted by Crippen LogP contribution is -2.62. The topological polar surface area (TPSA) is 73.0 Å². The number of imide groups is 1. The van der Waals surface area contributed by atoms with E-state index in [-0.39, 0.29) is 35.7 Å². The molecule has 3 unspecified atom stereocenters. The number of unbranched alkanes of at least 4 members (excludes halogenated alkanes) is 2. The lowest BCUT2D eigenvalue weighted by molar-refractivity contribution is -0.142. The molecule has 1 aliphatic carbocycles. The predicted octanol–water partition coefficient (Wildman–Crippen LogP) is 3.48. The first-order valence-corrected chi connectivity index (χ1v) is 12.6. The summed E-state index contributed by atoms with van der Waals surface area (Å²) in [5.74, 6) is -0.165. The summed E-state index contributed by atoms with van der Waals surface area (Å²) < 4.78 is 0. The van der Waals surface area contributed by atoms with E-state index in [2.05, 4.69) is 49.2 Å². The minimum Gasteiger partial charge on any atom is -0.368 e. The number of hydrogen-bond acceptors (Lipinski definition) is 4. The van der Waals surface area contributed by atoms with Gasteiger partial charge in [-0.1, -0.05) is 31.9 Å². The maximum absolute atomic E-state index is 13.3. The predicted molar refractivity (Wildman–Crippen MR) is 129 cm³/mol. The molecule has 2 aliphatic heterocycles. The molecule has 3 aliphatic rings. The average Bonchev–Trinajstić information content (AvgIpc) is 2.82. The summed E-state index contributed by atoms with van der Waals surface area (Å²) in [4.78, 5) is 44.5. The van der Waals surface area contributed by atoms with Gasteiger partial charge in [0.2, 0.25) is 11.8 Å². The van der Waals surface area contributed by atoms with Gasteiger partial charge in [-0.05, 0) is 56.7 Å². The largest absolute Gasteiger partial charge is 0.368 e. The standard InChI is InChI=1S/C26H38N4O3/c1-4-5-6-11-30-25(32)21-10-9-20(17-22(21)27-26(30)33)24(31)29-14-12-28(13-15-29)23-16-18(2)7-8-19(23)3/h7-8,16,20-22H,4-6,9-15,17H2,1-3H3,(H,27,33). The number of rotatable bonds is 6. The Labute approximate surface area is 197 Å². The molecule has 33 heavy (non-hydrogen) atoms. The molecule has 2 heterocycles. The number of anilines is 1. The fraction of sp³-hybridized carbons (Fsp3) is 0.654. The molecule has 3 fully saturated rings. The first kappa shape index (κ1) is 23.6. The van der Waals surface area contributed by atoms with Gasteiger partial charge in [-0.15, -0.1) is 0 Å². The summed E-state index contributed by atoms with van der Waals surface area (Å²) in [6.45, 7) is 9.94. The van der Waals surface area contributed by atoms with Gasteiger partial charge in [0.1, 0.15) is 0 Å². The second-order valence-electron chi connectivity index (χ2n) is 9.97. The highest BCUT2D eigenvalue weighted by Crippen LogP contribution is 2.34. The average molecular weight is 455 g/mol. The van der Waals surface area contributed by atoms with Crippen molar-refractivity contribution in [1.82, 2.24) is 15.1 Å². The third-order valence-electron chi connectivity index (χ3n) is 7.62. The van der Waals surface area contributed by atoms with E-state index in [4.69, 9.17) is 0 Å². The molecule has 1 aromatic carbocycles. The molecule has 2 saturated heterocycles. The van der Waals surface area contributed by atoms with Crippen LogP contribution in [0.5, 0.6) is 0 Å². The van der Waals surface area contributed by atoms with Crippen molar-refractivity contribution in [1.29, 1.82) is 0 Å². The minimum atomic E-state index is -0.285. The molecule has 7 heteroatoms. The number of aryl methyl sites for hydroxylation is 2. The first-order valence-electron chi connectivity index (χ1n) is 12.6. The van der Waals surface area contributed by atoms with Crippen molar-refractivity contribution in [2.24, 2.45) is 11.8 Å². The normalized spacial score (nSPS) is 25.7. The molecule has 4 rings (SSSR count). The van der Waals surface area contributed by atoms with Crippen molar-refractivity contribution < 1.29 is 14.4 Å². The molecule has 0 spiro atoms. The van der Waals surface area contributed by atoms with Gasteiger partial charge in [0.05, 0.1) is 5.92 Å². The summed E-state index contributed by atoms with van der Waals surface area (Å²) >= 11 is 0. The molecule has 1 aromatic rings. The van der Waals surface area contributed by atoms with Gasteiger partial charge >= 0.3 is 6.03 Å². The molecule has 1 saturated carbocycles. The van der Waals surface area contributed by atoms with Gasteiger partial charge in [-0.2, -0.15) is 0 Å². The van der Waals surface area contributed by atoms with Crippen LogP contribution >= 0.6 is 0 Å². The lowest BCUT2D eigenvalue weighted by Gasteiger charge is -2.44. The number of urea groups is 1. The molecule has 4 amide bonds. The van der Waals surface area contributed by atoms with E-state index >= 15 is 0 Å². The Morgan fingerprint density at radius 1 is 1.06 bits per heavy atom. The number of carbonyl (C=O) groups excluding carboxylic acids is 3. The van der Waals surface area contributed by atoms with Crippen LogP contribution in [0.4, 0.5) is 10.5 Å². The van der Waals surface area contributed by atoms with E-state index < -0.39 is 0 Å². The van der Waals surface area contributed by atoms with Crippen LogP contribution < -0.4 is 10.2 Å². The van der Waals surface area contributed by atoms with Gasteiger partial charge < -0.3 is 15.1 Å². The molecule has 3 atom stereocenters. The van der Waals surface area contributed by atoms with Crippen LogP contribution in [0.3, 0.4) is 0 Å². The summed E-state index contributed by atoms with van der Waals surface area (Å²) in [5.41, 5.74) is 3.77. The Balaban J connectivity index is 1.32. The number of amides is 4. The summed E-state index contributed by atoms with van der Waals surface area (Å²) in [5, 5.41) is 3.04. The van der Waals surface area contributed by atoms with Crippen molar-refractivity contribution in [2.75, 3.05) is 37.6 Å². The highest BCUT2D eigenvalue weighted by molar-refractivity contribution is 5.99. The fourth-order valence-electron chi connectivity index (χ4n) is 5.60. The Morgan fingerprint density at radius 2 is 1.82 bits per heavy atom. The van der Waals surface area contributed by atoms with Crippen LogP contribution in [-0.2, 0) is 9.59 Å². The number of hydrogen-bond donors (Lipinski definition) is 1. The number of carbonyl (C=O) groups is 3. The van der Waals surface area contributed by atoms with Crippen LogP contribution in [0.2, 0.25) is 0 Å². The van der Waals surface area contributed by atoms with E-state index in [9.17, 15) is 14.4 Å². The maximum Gasteiger partial charge on any atom is 0.324 e. The number of fused-ring (bicyclic) bond motifs is 1. The van der Waals surface area contributed by atoms with Gasteiger partial charge in [-0.3, -0.25) is 14.5 Å². The second-order valence-corrected chi connectivity index (χ2v) is 9.97. The summed E-state index contributed by atoms with van der Waals surface area (Å²) in [6, 6.07) is 6.01. The van der Waals surface area contributed by atoms with Gasteiger partial charge in [0, 0.05) is 50.4 Å². The fourth-order valence-corrected chi connectivity index (χ4v) is 5.60. The van der Waals surface area contributed by atoms with E-state index in [1.807, 2.05) is 4.90 Å². The zero-order chi connectivity index (χ0) is 23.5. The number of benzene rings is 1. The smallest absolute Gasteiger partial charge is 0.324 e. The Morgan fingerprint density at radius 3 is 2.55 bits per heavy atom. The van der Waals surface area contributed by atoms with Gasteiger partial charge in [-0.25, -0.2) is 4.79 Å². The van der Waals surface area contributed by atoms with Crippen molar-refractivity contribution >= 4 is 23.5 Å². The number of nitrogens with zero attached hydrogens (tertiary/aromatic N) is 3. The molecule has 180 valence electrons. The summed E-state index contributed by atoms with van der Waals surface area (Å²) in [7, 11) is 0. The van der Waals surface area contributed by atoms with E-state index in [0.29, 0.717) is 32.5 Å². The van der Waals surface area contributed by atoms with E-state index in [1.54, 1.807) is 0 Å². The Bertz CT molecular complexity index is 894. The van der Waals surface area contributed by atoms with E-state index in [0.717, 1.165) is 38.8 Å². The van der Waals surface area contributed by atoms with Crippen LogP contribution in [0.25, 0.3) is 0 Å². The summed E-state index contributed by atoms with van der Waals surface area (Å²) in [6.07, 6.45) is 4.88. The molecule has 0 aromatic heterocycles. The Kier molecular flexibility index (Phi) is 7.25. The number of nitrogens with one attached hydrogen (secondary N) is 1. The zero-order valence-electron chi connectivity index (χ0n) is 20.3. The van der Waals surface area contributed by atoms with Gasteiger partial charge in [0.15, 0.2) is 0 Å². The third kappa shape index (κ3) is 5.02. The second kappa shape index (κ2) is 10.1. The molecular formula is C26H38N4O3. The zero-order valence-corrected chi connectivity index (χ0v) is 20.3. The molecule has 7 nitrogen and oxygen atoms in total. The van der Waals surface area contributed by atoms with Crippen LogP contribution in [0.1, 0.15) is 56.6 Å². The van der Waals surface area contributed by atoms with E-state index in [1.165, 1.54) is 21.7 Å². The van der Waals surface area contributed by atoms with Crippen molar-refractivity contribution in [3.05, 3.63) is 29.3 Å². The highest BCUT2D eigenvalue weighted by atomic mass is 16.2. The maximum atomic E-state index is 13.3. The molecule has 0 radical (unpaired) electrons. The van der Waals surface area contributed by atoms with Crippen LogP contribution in [0.15, 0.2) is 18.2 Å². The number of piperazine rings is 1. The quantitative estimate of drug-likeness (QED) is 0.668. The Hall–Kier alpha value is -2.57. The van der Waals surface area contributed by atoms with Crippen molar-refractivity contribution in [3.63, 3.8) is 0 Å². The minimum absolute atomic E-state index is 0.0482. The lowest BCUT2D eigenvalue weighted by atomic mass is 9.76. The van der Waals surface area contributed by atoms with Gasteiger partial charge in [0.25, 0.3) is 0 Å². The highest BCUT2D eigenvalue weighted by Gasteiger charge is 2.45. The van der Waals surface area contributed by atoms with Crippen LogP contribution in [-0.4, -0.2) is 66.4 Å². The first-order chi connectivity index (χ1) is 15.9. The van der Waals surface area contributed by atoms with Crippen LogP contribution in [0, 0.1) is 25.7 Å². The monoisotopic (exact) mass is 454 g/mol. The third-order valence-corrected chi connectivity index (χ3v) is 7.62. The molecular weight excluding hydrogens is 416 g/mol. The molecule has 0 bridgehead atoms.